The predicted octanol–water partition coefficient (Wildman–Crippen LogP) is 3.20. The average Bonchev–Trinajstić information content (AvgIpc) is 3.21. The first-order chi connectivity index (χ1) is 12.6. The van der Waals surface area contributed by atoms with E-state index in [1.807, 2.05) is 37.3 Å². The molecule has 1 saturated heterocycles. The molecule has 2 heterocycles. The first-order valence-corrected chi connectivity index (χ1v) is 9.08. The lowest BCUT2D eigenvalue weighted by Gasteiger charge is -2.14. The molecule has 1 aliphatic rings. The number of aromatic nitrogens is 3. The third-order valence-corrected chi connectivity index (χ3v) is 5.20. The SMILES string of the molecule is Cc1ccc(-c2nc(SC3CC(=O)N(c4ccccc4)C3=O)n[nH]2)cc1. The minimum absolute atomic E-state index is 0.146. The molecule has 3 aromatic rings. The molecule has 0 spiro atoms. The van der Waals surface area contributed by atoms with Gasteiger partial charge in [0, 0.05) is 12.0 Å². The smallest absolute Gasteiger partial charge is 0.247 e. The van der Waals surface area contributed by atoms with Gasteiger partial charge in [0.05, 0.1) is 5.69 Å². The molecule has 0 saturated carbocycles. The number of benzene rings is 2. The highest BCUT2D eigenvalue weighted by Crippen LogP contribution is 2.33. The summed E-state index contributed by atoms with van der Waals surface area (Å²) in [6, 6.07) is 16.9. The monoisotopic (exact) mass is 364 g/mol. The molecule has 1 unspecified atom stereocenters. The lowest BCUT2D eigenvalue weighted by molar-refractivity contribution is -0.121. The number of para-hydroxylation sites is 1. The van der Waals surface area contributed by atoms with Crippen LogP contribution in [0.5, 0.6) is 0 Å². The van der Waals surface area contributed by atoms with Gasteiger partial charge in [-0.15, -0.1) is 5.10 Å². The minimum atomic E-state index is -0.510. The normalized spacial score (nSPS) is 17.1. The standard InChI is InChI=1S/C19H16N4O2S/c1-12-7-9-13(10-8-12)17-20-19(22-21-17)26-15-11-16(24)23(18(15)25)14-5-3-2-4-6-14/h2-10,15H,11H2,1H3,(H,20,21,22). The molecule has 1 aromatic heterocycles. The van der Waals surface area contributed by atoms with E-state index in [0.29, 0.717) is 16.7 Å². The summed E-state index contributed by atoms with van der Waals surface area (Å²) in [7, 11) is 0. The number of aryl methyl sites for hydroxylation is 1. The van der Waals surface area contributed by atoms with Crippen LogP contribution in [0.3, 0.4) is 0 Å². The Bertz CT molecular complexity index is 953. The molecule has 1 fully saturated rings. The number of hydrogen-bond acceptors (Lipinski definition) is 5. The number of carbonyl (C=O) groups is 2. The molecular weight excluding hydrogens is 348 g/mol. The van der Waals surface area contributed by atoms with Crippen LogP contribution >= 0.6 is 11.8 Å². The number of aromatic amines is 1. The highest BCUT2D eigenvalue weighted by atomic mass is 32.2. The van der Waals surface area contributed by atoms with E-state index in [1.54, 1.807) is 24.3 Å². The van der Waals surface area contributed by atoms with Gasteiger partial charge in [-0.1, -0.05) is 59.8 Å². The number of nitrogens with one attached hydrogen (secondary N) is 1. The first-order valence-electron chi connectivity index (χ1n) is 8.20. The van der Waals surface area contributed by atoms with Gasteiger partial charge in [0.1, 0.15) is 5.25 Å². The van der Waals surface area contributed by atoms with Gasteiger partial charge in [-0.2, -0.15) is 0 Å². The van der Waals surface area contributed by atoms with E-state index in [0.717, 1.165) is 5.56 Å². The van der Waals surface area contributed by atoms with Crippen LogP contribution in [-0.4, -0.2) is 32.2 Å². The number of thioether (sulfide) groups is 1. The van der Waals surface area contributed by atoms with Crippen molar-refractivity contribution in [3.63, 3.8) is 0 Å². The highest BCUT2D eigenvalue weighted by Gasteiger charge is 2.40. The van der Waals surface area contributed by atoms with Crippen molar-refractivity contribution in [1.82, 2.24) is 15.2 Å². The number of nitrogens with zero attached hydrogens (tertiary/aromatic N) is 3. The number of imide groups is 1. The molecular formula is C19H16N4O2S. The fourth-order valence-corrected chi connectivity index (χ4v) is 3.74. The molecule has 7 heteroatoms. The molecule has 2 aromatic carbocycles. The van der Waals surface area contributed by atoms with E-state index in [4.69, 9.17) is 0 Å². The molecule has 2 amide bonds. The summed E-state index contributed by atoms with van der Waals surface area (Å²) in [4.78, 5) is 30.6. The summed E-state index contributed by atoms with van der Waals surface area (Å²) < 4.78 is 0. The van der Waals surface area contributed by atoms with Crippen LogP contribution in [0.2, 0.25) is 0 Å². The van der Waals surface area contributed by atoms with Crippen LogP contribution in [-0.2, 0) is 9.59 Å². The fourth-order valence-electron chi connectivity index (χ4n) is 2.81. The van der Waals surface area contributed by atoms with Crippen molar-refractivity contribution in [1.29, 1.82) is 0 Å². The zero-order chi connectivity index (χ0) is 18.1. The van der Waals surface area contributed by atoms with Crippen molar-refractivity contribution in [2.75, 3.05) is 4.90 Å². The van der Waals surface area contributed by atoms with Gasteiger partial charge in [-0.25, -0.2) is 9.88 Å². The number of anilines is 1. The summed E-state index contributed by atoms with van der Waals surface area (Å²) in [5.74, 6) is 0.213. The van der Waals surface area contributed by atoms with Crippen molar-refractivity contribution < 1.29 is 9.59 Å². The van der Waals surface area contributed by atoms with Crippen LogP contribution in [0.15, 0.2) is 59.8 Å². The average molecular weight is 364 g/mol. The zero-order valence-corrected chi connectivity index (χ0v) is 14.9. The molecule has 0 bridgehead atoms. The van der Waals surface area contributed by atoms with Crippen LogP contribution < -0.4 is 4.90 Å². The second-order valence-electron chi connectivity index (χ2n) is 6.05. The summed E-state index contributed by atoms with van der Waals surface area (Å²) in [5, 5.41) is 7.02. The Morgan fingerprint density at radius 3 is 2.54 bits per heavy atom. The van der Waals surface area contributed by atoms with Gasteiger partial charge in [0.2, 0.25) is 17.0 Å². The van der Waals surface area contributed by atoms with Crippen LogP contribution in [0, 0.1) is 6.92 Å². The maximum atomic E-state index is 12.7. The number of H-pyrrole nitrogens is 1. The van der Waals surface area contributed by atoms with Crippen molar-refractivity contribution in [3.8, 4) is 11.4 Å². The maximum Gasteiger partial charge on any atom is 0.247 e. The molecule has 26 heavy (non-hydrogen) atoms. The molecule has 130 valence electrons. The largest absolute Gasteiger partial charge is 0.274 e. The van der Waals surface area contributed by atoms with Gasteiger partial charge in [0.25, 0.3) is 0 Å². The lowest BCUT2D eigenvalue weighted by atomic mass is 10.1. The summed E-state index contributed by atoms with van der Waals surface area (Å²) in [6.45, 7) is 2.02. The van der Waals surface area contributed by atoms with E-state index in [2.05, 4.69) is 15.2 Å². The van der Waals surface area contributed by atoms with Crippen LogP contribution in [0.4, 0.5) is 5.69 Å². The highest BCUT2D eigenvalue weighted by molar-refractivity contribution is 8.00. The third-order valence-electron chi connectivity index (χ3n) is 4.16. The number of hydrogen-bond donors (Lipinski definition) is 1. The Hall–Kier alpha value is -2.93. The molecule has 1 N–H and O–H groups in total. The topological polar surface area (TPSA) is 79.0 Å². The molecule has 0 radical (unpaired) electrons. The minimum Gasteiger partial charge on any atom is -0.274 e. The van der Waals surface area contributed by atoms with E-state index in [9.17, 15) is 9.59 Å². The summed E-state index contributed by atoms with van der Waals surface area (Å²) in [6.07, 6.45) is 0.146. The summed E-state index contributed by atoms with van der Waals surface area (Å²) >= 11 is 1.21. The van der Waals surface area contributed by atoms with Crippen molar-refractivity contribution in [2.45, 2.75) is 23.8 Å². The maximum absolute atomic E-state index is 12.7. The molecule has 1 aliphatic heterocycles. The predicted molar refractivity (Wildman–Crippen MR) is 99.8 cm³/mol. The van der Waals surface area contributed by atoms with Gasteiger partial charge < -0.3 is 0 Å². The molecule has 1 atom stereocenters. The lowest BCUT2D eigenvalue weighted by Crippen LogP contribution is -2.31. The number of rotatable bonds is 4. The van der Waals surface area contributed by atoms with E-state index >= 15 is 0 Å². The Balaban J connectivity index is 1.51. The summed E-state index contributed by atoms with van der Waals surface area (Å²) in [5.41, 5.74) is 2.69. The van der Waals surface area contributed by atoms with Crippen molar-refractivity contribution in [3.05, 3.63) is 60.2 Å². The quantitative estimate of drug-likeness (QED) is 0.719. The van der Waals surface area contributed by atoms with Crippen molar-refractivity contribution in [2.24, 2.45) is 0 Å². The van der Waals surface area contributed by atoms with Crippen molar-refractivity contribution >= 4 is 29.3 Å². The Morgan fingerprint density at radius 1 is 1.08 bits per heavy atom. The Kier molecular flexibility index (Phi) is 4.30. The Labute approximate surface area is 154 Å². The van der Waals surface area contributed by atoms with Gasteiger partial charge in [0.15, 0.2) is 5.82 Å². The Morgan fingerprint density at radius 2 is 1.81 bits per heavy atom. The fraction of sp³-hybridized carbons (Fsp3) is 0.158. The molecule has 0 aliphatic carbocycles. The second-order valence-corrected chi connectivity index (χ2v) is 7.22. The second kappa shape index (κ2) is 6.76. The van der Waals surface area contributed by atoms with Gasteiger partial charge in [-0.05, 0) is 19.1 Å². The first kappa shape index (κ1) is 16.5. The number of amides is 2. The molecule has 6 nitrogen and oxygen atoms in total. The van der Waals surface area contributed by atoms with Crippen LogP contribution in [0.1, 0.15) is 12.0 Å². The molecule has 4 rings (SSSR count). The van der Waals surface area contributed by atoms with Crippen LogP contribution in [0.25, 0.3) is 11.4 Å². The third kappa shape index (κ3) is 3.13. The zero-order valence-electron chi connectivity index (χ0n) is 14.0. The number of carbonyl (C=O) groups excluding carboxylic acids is 2. The van der Waals surface area contributed by atoms with E-state index < -0.39 is 5.25 Å². The van der Waals surface area contributed by atoms with E-state index in [-0.39, 0.29) is 18.2 Å². The van der Waals surface area contributed by atoms with E-state index in [1.165, 1.54) is 22.2 Å². The van der Waals surface area contributed by atoms with Gasteiger partial charge >= 0.3 is 0 Å². The van der Waals surface area contributed by atoms with Gasteiger partial charge in [-0.3, -0.25) is 14.7 Å².